The van der Waals surface area contributed by atoms with E-state index in [0.717, 1.165) is 38.8 Å². The summed E-state index contributed by atoms with van der Waals surface area (Å²) in [6.45, 7) is 4.72. The van der Waals surface area contributed by atoms with Crippen LogP contribution < -0.4 is 5.32 Å². The van der Waals surface area contributed by atoms with Crippen LogP contribution in [0.3, 0.4) is 0 Å². The number of rotatable bonds is 5. The van der Waals surface area contributed by atoms with Crippen LogP contribution >= 0.6 is 0 Å². The van der Waals surface area contributed by atoms with Gasteiger partial charge in [0, 0.05) is 19.1 Å². The van der Waals surface area contributed by atoms with Gasteiger partial charge in [-0.1, -0.05) is 0 Å². The van der Waals surface area contributed by atoms with Crippen molar-refractivity contribution in [3.63, 3.8) is 0 Å². The second-order valence-corrected chi connectivity index (χ2v) is 5.39. The summed E-state index contributed by atoms with van der Waals surface area (Å²) in [7, 11) is 0. The van der Waals surface area contributed by atoms with Crippen molar-refractivity contribution in [2.45, 2.75) is 44.6 Å². The van der Waals surface area contributed by atoms with Gasteiger partial charge in [0.15, 0.2) is 0 Å². The first kappa shape index (κ1) is 12.8. The first-order valence-electron chi connectivity index (χ1n) is 6.94. The van der Waals surface area contributed by atoms with Gasteiger partial charge in [0.1, 0.15) is 0 Å². The Morgan fingerprint density at radius 1 is 1.18 bits per heavy atom. The van der Waals surface area contributed by atoms with Gasteiger partial charge in [-0.2, -0.15) is 0 Å². The number of hydrogen-bond donors (Lipinski definition) is 2. The van der Waals surface area contributed by atoms with Crippen molar-refractivity contribution in [3.05, 3.63) is 0 Å². The number of nitrogens with one attached hydrogen (secondary N) is 1. The highest BCUT2D eigenvalue weighted by atomic mass is 16.4. The van der Waals surface area contributed by atoms with E-state index in [1.807, 2.05) is 0 Å². The molecule has 0 aromatic rings. The van der Waals surface area contributed by atoms with E-state index in [4.69, 9.17) is 5.11 Å². The molecule has 1 heterocycles. The van der Waals surface area contributed by atoms with Gasteiger partial charge >= 0.3 is 5.97 Å². The third-order valence-electron chi connectivity index (χ3n) is 4.14. The molecule has 0 atom stereocenters. The first-order chi connectivity index (χ1) is 8.25. The minimum atomic E-state index is -0.611. The maximum Gasteiger partial charge on any atom is 0.306 e. The molecule has 4 heteroatoms. The smallest absolute Gasteiger partial charge is 0.306 e. The molecule has 1 saturated carbocycles. The fourth-order valence-electron chi connectivity index (χ4n) is 2.98. The second kappa shape index (κ2) is 6.36. The summed E-state index contributed by atoms with van der Waals surface area (Å²) in [6, 6.07) is 0.549. The predicted octanol–water partition coefficient (Wildman–Crippen LogP) is 1.32. The molecule has 1 aliphatic heterocycles. The molecule has 1 aliphatic carbocycles. The average molecular weight is 240 g/mol. The number of hydrogen-bond acceptors (Lipinski definition) is 3. The summed E-state index contributed by atoms with van der Waals surface area (Å²) in [5.74, 6) is -0.702. The van der Waals surface area contributed by atoms with Crippen molar-refractivity contribution in [1.82, 2.24) is 10.2 Å². The third-order valence-corrected chi connectivity index (χ3v) is 4.14. The van der Waals surface area contributed by atoms with Gasteiger partial charge in [-0.05, 0) is 51.6 Å². The van der Waals surface area contributed by atoms with E-state index in [1.165, 1.54) is 25.9 Å². The number of carboxylic acids is 1. The lowest BCUT2D eigenvalue weighted by Gasteiger charge is -2.27. The van der Waals surface area contributed by atoms with Crippen LogP contribution in [0.25, 0.3) is 0 Å². The van der Waals surface area contributed by atoms with E-state index < -0.39 is 5.97 Å². The molecule has 0 amide bonds. The molecule has 98 valence electrons. The van der Waals surface area contributed by atoms with E-state index in [0.29, 0.717) is 6.04 Å². The fourth-order valence-corrected chi connectivity index (χ4v) is 2.98. The lowest BCUT2D eigenvalue weighted by Crippen LogP contribution is -2.39. The lowest BCUT2D eigenvalue weighted by molar-refractivity contribution is -0.142. The normalized spacial score (nSPS) is 30.6. The van der Waals surface area contributed by atoms with Crippen LogP contribution in [0.5, 0.6) is 0 Å². The fraction of sp³-hybridized carbons (Fsp3) is 0.923. The van der Waals surface area contributed by atoms with Crippen molar-refractivity contribution in [3.8, 4) is 0 Å². The van der Waals surface area contributed by atoms with E-state index in [9.17, 15) is 4.79 Å². The number of aliphatic carboxylic acids is 1. The Hall–Kier alpha value is -0.610. The van der Waals surface area contributed by atoms with Crippen LogP contribution in [-0.4, -0.2) is 48.2 Å². The zero-order valence-electron chi connectivity index (χ0n) is 10.5. The highest BCUT2D eigenvalue weighted by Crippen LogP contribution is 2.24. The molecule has 0 bridgehead atoms. The van der Waals surface area contributed by atoms with E-state index in [-0.39, 0.29) is 5.92 Å². The summed E-state index contributed by atoms with van der Waals surface area (Å²) < 4.78 is 0. The Morgan fingerprint density at radius 2 is 1.82 bits per heavy atom. The summed E-state index contributed by atoms with van der Waals surface area (Å²) in [5, 5.41) is 12.5. The number of carboxylic acid groups (broad SMARTS) is 1. The molecule has 4 nitrogen and oxygen atoms in total. The van der Waals surface area contributed by atoms with Gasteiger partial charge in [0.2, 0.25) is 0 Å². The maximum atomic E-state index is 10.8. The molecular formula is C13H24N2O2. The van der Waals surface area contributed by atoms with Crippen LogP contribution in [0.4, 0.5) is 0 Å². The molecule has 2 rings (SSSR count). The van der Waals surface area contributed by atoms with Crippen LogP contribution in [0.15, 0.2) is 0 Å². The molecule has 0 radical (unpaired) electrons. The van der Waals surface area contributed by atoms with Gasteiger partial charge in [-0.25, -0.2) is 0 Å². The maximum absolute atomic E-state index is 10.8. The third kappa shape index (κ3) is 3.96. The Morgan fingerprint density at radius 3 is 2.41 bits per heavy atom. The minimum absolute atomic E-state index is 0.0911. The Labute approximate surface area is 103 Å². The minimum Gasteiger partial charge on any atom is -0.481 e. The van der Waals surface area contributed by atoms with Gasteiger partial charge in [-0.3, -0.25) is 4.79 Å². The molecule has 1 saturated heterocycles. The standard InChI is InChI=1S/C13H24N2O2/c16-13(17)11-3-5-12(6-4-11)14-7-10-15-8-1-2-9-15/h11-12,14H,1-10H2,(H,16,17). The zero-order valence-corrected chi connectivity index (χ0v) is 10.5. The second-order valence-electron chi connectivity index (χ2n) is 5.39. The zero-order chi connectivity index (χ0) is 12.1. The van der Waals surface area contributed by atoms with Crippen LogP contribution in [0.2, 0.25) is 0 Å². The molecule has 2 fully saturated rings. The molecule has 0 aromatic heterocycles. The predicted molar refractivity (Wildman–Crippen MR) is 67.1 cm³/mol. The van der Waals surface area contributed by atoms with E-state index >= 15 is 0 Å². The average Bonchev–Trinajstić information content (AvgIpc) is 2.83. The van der Waals surface area contributed by atoms with Crippen LogP contribution in [0, 0.1) is 5.92 Å². The molecule has 2 aliphatic rings. The number of nitrogens with zero attached hydrogens (tertiary/aromatic N) is 1. The molecule has 0 unspecified atom stereocenters. The van der Waals surface area contributed by atoms with Crippen LogP contribution in [-0.2, 0) is 4.79 Å². The Kier molecular flexibility index (Phi) is 4.80. The van der Waals surface area contributed by atoms with Crippen molar-refractivity contribution >= 4 is 5.97 Å². The number of carbonyl (C=O) groups is 1. The SMILES string of the molecule is O=C(O)C1CCC(NCCN2CCCC2)CC1. The Bertz CT molecular complexity index is 244. The highest BCUT2D eigenvalue weighted by Gasteiger charge is 2.25. The van der Waals surface area contributed by atoms with Crippen LogP contribution in [0.1, 0.15) is 38.5 Å². The summed E-state index contributed by atoms with van der Waals surface area (Å²) in [5.41, 5.74) is 0. The summed E-state index contributed by atoms with van der Waals surface area (Å²) in [4.78, 5) is 13.3. The molecule has 0 aromatic carbocycles. The monoisotopic (exact) mass is 240 g/mol. The van der Waals surface area contributed by atoms with Crippen molar-refractivity contribution in [2.75, 3.05) is 26.2 Å². The molecule has 17 heavy (non-hydrogen) atoms. The van der Waals surface area contributed by atoms with Gasteiger partial charge < -0.3 is 15.3 Å². The summed E-state index contributed by atoms with van der Waals surface area (Å²) >= 11 is 0. The first-order valence-corrected chi connectivity index (χ1v) is 6.94. The molecular weight excluding hydrogens is 216 g/mol. The van der Waals surface area contributed by atoms with E-state index in [1.54, 1.807) is 0 Å². The van der Waals surface area contributed by atoms with Gasteiger partial charge in [0.25, 0.3) is 0 Å². The van der Waals surface area contributed by atoms with Crippen molar-refractivity contribution in [2.24, 2.45) is 5.92 Å². The van der Waals surface area contributed by atoms with Gasteiger partial charge in [-0.15, -0.1) is 0 Å². The molecule has 2 N–H and O–H groups in total. The Balaban J connectivity index is 1.56. The summed E-state index contributed by atoms with van der Waals surface area (Å²) in [6.07, 6.45) is 6.44. The van der Waals surface area contributed by atoms with Gasteiger partial charge in [0.05, 0.1) is 5.92 Å². The van der Waals surface area contributed by atoms with E-state index in [2.05, 4.69) is 10.2 Å². The lowest BCUT2D eigenvalue weighted by atomic mass is 9.86. The molecule has 0 spiro atoms. The largest absolute Gasteiger partial charge is 0.481 e. The van der Waals surface area contributed by atoms with Crippen molar-refractivity contribution in [1.29, 1.82) is 0 Å². The quantitative estimate of drug-likeness (QED) is 0.761. The topological polar surface area (TPSA) is 52.6 Å². The number of likely N-dealkylation sites (tertiary alicyclic amines) is 1. The highest BCUT2D eigenvalue weighted by molar-refractivity contribution is 5.70. The van der Waals surface area contributed by atoms with Crippen molar-refractivity contribution < 1.29 is 9.90 Å².